The van der Waals surface area contributed by atoms with E-state index < -0.39 is 0 Å². The SMILES string of the molecule is CCCN1CCCCC1C(CN)c1ccc(OC)cc1. The third-order valence-electron chi connectivity index (χ3n) is 4.44. The number of rotatable bonds is 6. The Morgan fingerprint density at radius 3 is 2.65 bits per heavy atom. The number of hydrogen-bond donors (Lipinski definition) is 1. The minimum atomic E-state index is 0.438. The lowest BCUT2D eigenvalue weighted by atomic mass is 9.85. The zero-order valence-electron chi connectivity index (χ0n) is 12.8. The molecular weight excluding hydrogens is 248 g/mol. The van der Waals surface area contributed by atoms with Gasteiger partial charge in [-0.05, 0) is 50.0 Å². The molecule has 20 heavy (non-hydrogen) atoms. The molecule has 0 aromatic heterocycles. The fourth-order valence-electron chi connectivity index (χ4n) is 3.40. The Balaban J connectivity index is 2.15. The van der Waals surface area contributed by atoms with Crippen LogP contribution >= 0.6 is 0 Å². The average Bonchev–Trinajstić information content (AvgIpc) is 2.51. The van der Waals surface area contributed by atoms with Crippen molar-refractivity contribution in [3.63, 3.8) is 0 Å². The highest BCUT2D eigenvalue weighted by atomic mass is 16.5. The van der Waals surface area contributed by atoms with Crippen molar-refractivity contribution in [3.8, 4) is 5.75 Å². The van der Waals surface area contributed by atoms with Crippen molar-refractivity contribution in [2.45, 2.75) is 44.6 Å². The number of methoxy groups -OCH3 is 1. The van der Waals surface area contributed by atoms with Crippen LogP contribution in [0.25, 0.3) is 0 Å². The van der Waals surface area contributed by atoms with Crippen LogP contribution in [0.4, 0.5) is 0 Å². The molecule has 2 unspecified atom stereocenters. The first-order valence-electron chi connectivity index (χ1n) is 7.88. The summed E-state index contributed by atoms with van der Waals surface area (Å²) in [5.74, 6) is 1.35. The summed E-state index contributed by atoms with van der Waals surface area (Å²) in [6.45, 7) is 5.40. The van der Waals surface area contributed by atoms with Crippen molar-refractivity contribution < 1.29 is 4.74 Å². The molecule has 0 amide bonds. The summed E-state index contributed by atoms with van der Waals surface area (Å²) in [5, 5.41) is 0. The van der Waals surface area contributed by atoms with Gasteiger partial charge in [0.2, 0.25) is 0 Å². The van der Waals surface area contributed by atoms with Crippen LogP contribution in [-0.4, -0.2) is 37.7 Å². The van der Waals surface area contributed by atoms with Crippen molar-refractivity contribution >= 4 is 0 Å². The molecule has 3 nitrogen and oxygen atoms in total. The van der Waals surface area contributed by atoms with E-state index in [1.54, 1.807) is 7.11 Å². The van der Waals surface area contributed by atoms with E-state index in [9.17, 15) is 0 Å². The number of nitrogens with two attached hydrogens (primary N) is 1. The summed E-state index contributed by atoms with van der Waals surface area (Å²) in [7, 11) is 1.71. The quantitative estimate of drug-likeness (QED) is 0.868. The zero-order valence-corrected chi connectivity index (χ0v) is 12.8. The summed E-state index contributed by atoms with van der Waals surface area (Å²) in [6, 6.07) is 9.04. The van der Waals surface area contributed by atoms with Crippen molar-refractivity contribution in [1.29, 1.82) is 0 Å². The van der Waals surface area contributed by atoms with Gasteiger partial charge >= 0.3 is 0 Å². The molecule has 112 valence electrons. The average molecular weight is 276 g/mol. The maximum absolute atomic E-state index is 6.11. The number of ether oxygens (including phenoxy) is 1. The van der Waals surface area contributed by atoms with E-state index in [0.29, 0.717) is 12.0 Å². The molecule has 1 aliphatic heterocycles. The van der Waals surface area contributed by atoms with Gasteiger partial charge in [-0.2, -0.15) is 0 Å². The predicted octanol–water partition coefficient (Wildman–Crippen LogP) is 3.00. The molecule has 2 atom stereocenters. The van der Waals surface area contributed by atoms with Crippen molar-refractivity contribution in [1.82, 2.24) is 4.90 Å². The fourth-order valence-corrected chi connectivity index (χ4v) is 3.40. The van der Waals surface area contributed by atoms with E-state index in [0.717, 1.165) is 12.3 Å². The first-order chi connectivity index (χ1) is 9.80. The van der Waals surface area contributed by atoms with Crippen LogP contribution in [0.15, 0.2) is 24.3 Å². The summed E-state index contributed by atoms with van der Waals surface area (Å²) < 4.78 is 5.25. The largest absolute Gasteiger partial charge is 0.497 e. The van der Waals surface area contributed by atoms with Gasteiger partial charge in [-0.15, -0.1) is 0 Å². The van der Waals surface area contributed by atoms with Crippen molar-refractivity contribution in [2.24, 2.45) is 5.73 Å². The fraction of sp³-hybridized carbons (Fsp3) is 0.647. The maximum Gasteiger partial charge on any atom is 0.118 e. The molecule has 3 heteroatoms. The molecule has 0 bridgehead atoms. The van der Waals surface area contributed by atoms with Crippen LogP contribution in [0.3, 0.4) is 0 Å². The zero-order chi connectivity index (χ0) is 14.4. The van der Waals surface area contributed by atoms with Crippen LogP contribution in [-0.2, 0) is 0 Å². The molecule has 1 aromatic rings. The van der Waals surface area contributed by atoms with Crippen LogP contribution in [0.5, 0.6) is 5.75 Å². The predicted molar refractivity (Wildman–Crippen MR) is 84.3 cm³/mol. The van der Waals surface area contributed by atoms with Gasteiger partial charge in [0.15, 0.2) is 0 Å². The van der Waals surface area contributed by atoms with Gasteiger partial charge in [0.25, 0.3) is 0 Å². The van der Waals surface area contributed by atoms with Crippen LogP contribution < -0.4 is 10.5 Å². The molecule has 0 saturated carbocycles. The van der Waals surface area contributed by atoms with Gasteiger partial charge in [-0.3, -0.25) is 4.90 Å². The Kier molecular flexibility index (Phi) is 5.86. The van der Waals surface area contributed by atoms with Crippen LogP contribution in [0.1, 0.15) is 44.1 Å². The minimum absolute atomic E-state index is 0.438. The van der Waals surface area contributed by atoms with Gasteiger partial charge in [-0.1, -0.05) is 25.5 Å². The molecule has 1 fully saturated rings. The highest BCUT2D eigenvalue weighted by Gasteiger charge is 2.29. The van der Waals surface area contributed by atoms with Crippen molar-refractivity contribution in [3.05, 3.63) is 29.8 Å². The standard InChI is InChI=1S/C17H28N2O/c1-3-11-19-12-5-4-6-17(19)16(13-18)14-7-9-15(20-2)10-8-14/h7-10,16-17H,3-6,11-13,18H2,1-2H3. The Bertz CT molecular complexity index is 388. The van der Waals surface area contributed by atoms with E-state index in [4.69, 9.17) is 10.5 Å². The topological polar surface area (TPSA) is 38.5 Å². The third kappa shape index (κ3) is 3.53. The first-order valence-corrected chi connectivity index (χ1v) is 7.88. The first kappa shape index (κ1) is 15.3. The highest BCUT2D eigenvalue weighted by molar-refractivity contribution is 5.30. The molecule has 1 saturated heterocycles. The van der Waals surface area contributed by atoms with Crippen LogP contribution in [0.2, 0.25) is 0 Å². The van der Waals surface area contributed by atoms with E-state index in [2.05, 4.69) is 24.0 Å². The second kappa shape index (κ2) is 7.65. The number of piperidine rings is 1. The number of hydrogen-bond acceptors (Lipinski definition) is 3. The minimum Gasteiger partial charge on any atom is -0.497 e. The highest BCUT2D eigenvalue weighted by Crippen LogP contribution is 2.30. The van der Waals surface area contributed by atoms with E-state index in [-0.39, 0.29) is 0 Å². The number of nitrogens with zero attached hydrogens (tertiary/aromatic N) is 1. The van der Waals surface area contributed by atoms with E-state index >= 15 is 0 Å². The molecule has 1 aromatic carbocycles. The second-order valence-corrected chi connectivity index (χ2v) is 5.71. The molecule has 0 spiro atoms. The smallest absolute Gasteiger partial charge is 0.118 e. The van der Waals surface area contributed by atoms with E-state index in [1.807, 2.05) is 12.1 Å². The molecular formula is C17H28N2O. The van der Waals surface area contributed by atoms with E-state index in [1.165, 1.54) is 44.3 Å². The third-order valence-corrected chi connectivity index (χ3v) is 4.44. The van der Waals surface area contributed by atoms with Gasteiger partial charge in [0.05, 0.1) is 7.11 Å². The number of likely N-dealkylation sites (tertiary alicyclic amines) is 1. The molecule has 0 aliphatic carbocycles. The van der Waals surface area contributed by atoms with Crippen LogP contribution in [0, 0.1) is 0 Å². The van der Waals surface area contributed by atoms with Crippen molar-refractivity contribution in [2.75, 3.05) is 26.7 Å². The van der Waals surface area contributed by atoms with Gasteiger partial charge in [-0.25, -0.2) is 0 Å². The molecule has 1 heterocycles. The molecule has 2 N–H and O–H groups in total. The number of benzene rings is 1. The second-order valence-electron chi connectivity index (χ2n) is 5.71. The molecule has 1 aliphatic rings. The normalized spacial score (nSPS) is 21.6. The summed E-state index contributed by atoms with van der Waals surface area (Å²) >= 11 is 0. The summed E-state index contributed by atoms with van der Waals surface area (Å²) in [6.07, 6.45) is 5.15. The molecule has 0 radical (unpaired) electrons. The maximum atomic E-state index is 6.11. The Hall–Kier alpha value is -1.06. The lowest BCUT2D eigenvalue weighted by Gasteiger charge is -2.40. The van der Waals surface area contributed by atoms with Gasteiger partial charge in [0, 0.05) is 18.5 Å². The lowest BCUT2D eigenvalue weighted by molar-refractivity contribution is 0.127. The Morgan fingerprint density at radius 1 is 1.30 bits per heavy atom. The molecule has 2 rings (SSSR count). The van der Waals surface area contributed by atoms with Gasteiger partial charge < -0.3 is 10.5 Å². The summed E-state index contributed by atoms with van der Waals surface area (Å²) in [5.41, 5.74) is 7.46. The lowest BCUT2D eigenvalue weighted by Crippen LogP contribution is -2.45. The monoisotopic (exact) mass is 276 g/mol. The Morgan fingerprint density at radius 2 is 2.05 bits per heavy atom. The van der Waals surface area contributed by atoms with Gasteiger partial charge in [0.1, 0.15) is 5.75 Å². The Labute approximate surface area is 123 Å². The summed E-state index contributed by atoms with van der Waals surface area (Å²) in [4.78, 5) is 2.64.